The van der Waals surface area contributed by atoms with Gasteiger partial charge in [0.1, 0.15) is 11.6 Å². The minimum Gasteiger partial charge on any atom is -0.367 e. The fourth-order valence-corrected chi connectivity index (χ4v) is 3.49. The van der Waals surface area contributed by atoms with Crippen LogP contribution in [0.1, 0.15) is 44.1 Å². The van der Waals surface area contributed by atoms with E-state index in [0.717, 1.165) is 19.3 Å². The van der Waals surface area contributed by atoms with Gasteiger partial charge in [0.15, 0.2) is 0 Å². The molecule has 1 saturated carbocycles. The third-order valence-corrected chi connectivity index (χ3v) is 4.75. The molecule has 1 atom stereocenters. The van der Waals surface area contributed by atoms with Gasteiger partial charge in [-0.1, -0.05) is 19.3 Å². The molecule has 2 aliphatic rings. The van der Waals surface area contributed by atoms with E-state index in [1.54, 1.807) is 0 Å². The number of carbonyl (C=O) groups excluding carboxylic acids is 1. The first-order valence-corrected chi connectivity index (χ1v) is 8.47. The Morgan fingerprint density at radius 2 is 2.00 bits per heavy atom. The standard InChI is InChI=1S/C16H22N6O2/c17-8-13-14(9-18-21-15(13)23)22-7-6-12(10-22)20-16(24)19-11-4-2-1-3-5-11/h9,11-12H,1-7,10H2,(H,21,23)(H2,19,20,24)/t12-/m1/s1. The van der Waals surface area contributed by atoms with Crippen molar-refractivity contribution in [1.82, 2.24) is 20.8 Å². The van der Waals surface area contributed by atoms with Crippen LogP contribution in [-0.4, -0.2) is 41.4 Å². The van der Waals surface area contributed by atoms with Gasteiger partial charge in [0.2, 0.25) is 0 Å². The first-order valence-electron chi connectivity index (χ1n) is 8.47. The molecule has 3 N–H and O–H groups in total. The number of hydrogen-bond acceptors (Lipinski definition) is 5. The van der Waals surface area contributed by atoms with Crippen molar-refractivity contribution in [2.24, 2.45) is 0 Å². The summed E-state index contributed by atoms with van der Waals surface area (Å²) in [6, 6.07) is 2.07. The van der Waals surface area contributed by atoms with Crippen molar-refractivity contribution in [3.63, 3.8) is 0 Å². The molecule has 0 spiro atoms. The summed E-state index contributed by atoms with van der Waals surface area (Å²) in [6.07, 6.45) is 7.97. The maximum Gasteiger partial charge on any atom is 0.315 e. The van der Waals surface area contributed by atoms with Crippen molar-refractivity contribution in [1.29, 1.82) is 5.26 Å². The lowest BCUT2D eigenvalue weighted by atomic mass is 9.96. The van der Waals surface area contributed by atoms with Crippen LogP contribution in [-0.2, 0) is 0 Å². The summed E-state index contributed by atoms with van der Waals surface area (Å²) in [5.41, 5.74) is 0.108. The fourth-order valence-electron chi connectivity index (χ4n) is 3.49. The highest BCUT2D eigenvalue weighted by Crippen LogP contribution is 2.21. The number of carbonyl (C=O) groups is 1. The molecule has 0 aromatic carbocycles. The lowest BCUT2D eigenvalue weighted by Gasteiger charge is -2.24. The summed E-state index contributed by atoms with van der Waals surface area (Å²) in [7, 11) is 0. The molecule has 1 saturated heterocycles. The zero-order valence-corrected chi connectivity index (χ0v) is 13.5. The highest BCUT2D eigenvalue weighted by atomic mass is 16.2. The van der Waals surface area contributed by atoms with E-state index < -0.39 is 5.56 Å². The molecule has 24 heavy (non-hydrogen) atoms. The number of aromatic nitrogens is 2. The predicted molar refractivity (Wildman–Crippen MR) is 88.7 cm³/mol. The molecule has 0 radical (unpaired) electrons. The highest BCUT2D eigenvalue weighted by molar-refractivity contribution is 5.74. The van der Waals surface area contributed by atoms with E-state index in [2.05, 4.69) is 20.8 Å². The van der Waals surface area contributed by atoms with Crippen LogP contribution < -0.4 is 21.1 Å². The van der Waals surface area contributed by atoms with Crippen molar-refractivity contribution >= 4 is 11.7 Å². The number of H-pyrrole nitrogens is 1. The van der Waals surface area contributed by atoms with Gasteiger partial charge in [0.25, 0.3) is 5.56 Å². The van der Waals surface area contributed by atoms with E-state index in [4.69, 9.17) is 5.26 Å². The Labute approximate surface area is 140 Å². The molecule has 2 amide bonds. The SMILES string of the molecule is N#Cc1c(N2CC[C@@H](NC(=O)NC3CCCCC3)C2)cn[nH]c1=O. The molecule has 8 heteroatoms. The second kappa shape index (κ2) is 7.34. The van der Waals surface area contributed by atoms with Crippen LogP contribution in [0.25, 0.3) is 0 Å². The van der Waals surface area contributed by atoms with Gasteiger partial charge >= 0.3 is 6.03 Å². The molecule has 128 valence electrons. The van der Waals surface area contributed by atoms with Crippen LogP contribution >= 0.6 is 0 Å². The molecule has 1 aromatic rings. The van der Waals surface area contributed by atoms with Gasteiger partial charge < -0.3 is 15.5 Å². The number of nitrogens with zero attached hydrogens (tertiary/aromatic N) is 3. The van der Waals surface area contributed by atoms with Crippen LogP contribution in [0.4, 0.5) is 10.5 Å². The highest BCUT2D eigenvalue weighted by Gasteiger charge is 2.27. The number of nitriles is 1. The fraction of sp³-hybridized carbons (Fsp3) is 0.625. The number of amides is 2. The van der Waals surface area contributed by atoms with Crippen molar-refractivity contribution < 1.29 is 4.79 Å². The predicted octanol–water partition coefficient (Wildman–Crippen LogP) is 0.852. The first-order chi connectivity index (χ1) is 11.7. The molecule has 1 aliphatic carbocycles. The van der Waals surface area contributed by atoms with Gasteiger partial charge in [0, 0.05) is 25.2 Å². The zero-order chi connectivity index (χ0) is 16.9. The molecule has 2 heterocycles. The Morgan fingerprint density at radius 1 is 1.25 bits per heavy atom. The minimum absolute atomic E-state index is 0.000536. The quantitative estimate of drug-likeness (QED) is 0.760. The normalized spacial score (nSPS) is 21.3. The third-order valence-electron chi connectivity index (χ3n) is 4.75. The number of rotatable bonds is 3. The topological polar surface area (TPSA) is 114 Å². The lowest BCUT2D eigenvalue weighted by molar-refractivity contribution is 0.229. The Hall–Kier alpha value is -2.56. The van der Waals surface area contributed by atoms with E-state index in [1.807, 2.05) is 11.0 Å². The summed E-state index contributed by atoms with van der Waals surface area (Å²) in [5, 5.41) is 21.2. The molecular weight excluding hydrogens is 308 g/mol. The third kappa shape index (κ3) is 3.67. The summed E-state index contributed by atoms with van der Waals surface area (Å²) in [4.78, 5) is 25.7. The average Bonchev–Trinajstić information content (AvgIpc) is 3.03. The van der Waals surface area contributed by atoms with Gasteiger partial charge in [-0.25, -0.2) is 9.89 Å². The molecule has 8 nitrogen and oxygen atoms in total. The lowest BCUT2D eigenvalue weighted by Crippen LogP contribution is -2.47. The summed E-state index contributed by atoms with van der Waals surface area (Å²) < 4.78 is 0. The Morgan fingerprint density at radius 3 is 2.75 bits per heavy atom. The zero-order valence-electron chi connectivity index (χ0n) is 13.5. The molecule has 0 unspecified atom stereocenters. The molecule has 2 fully saturated rings. The maximum absolute atomic E-state index is 12.1. The number of nitrogens with one attached hydrogen (secondary N) is 3. The number of aromatic amines is 1. The number of anilines is 1. The monoisotopic (exact) mass is 330 g/mol. The van der Waals surface area contributed by atoms with Crippen LogP contribution in [0, 0.1) is 11.3 Å². The van der Waals surface area contributed by atoms with E-state index in [1.165, 1.54) is 25.5 Å². The minimum atomic E-state index is -0.485. The number of hydrogen-bond donors (Lipinski definition) is 3. The van der Waals surface area contributed by atoms with Crippen molar-refractivity contribution in [2.75, 3.05) is 18.0 Å². The van der Waals surface area contributed by atoms with E-state index >= 15 is 0 Å². The largest absolute Gasteiger partial charge is 0.367 e. The summed E-state index contributed by atoms with van der Waals surface area (Å²) in [6.45, 7) is 1.24. The molecule has 1 aromatic heterocycles. The van der Waals surface area contributed by atoms with Crippen molar-refractivity contribution in [2.45, 2.75) is 50.6 Å². The van der Waals surface area contributed by atoms with Gasteiger partial charge in [-0.3, -0.25) is 4.79 Å². The van der Waals surface area contributed by atoms with Gasteiger partial charge in [-0.15, -0.1) is 0 Å². The molecular formula is C16H22N6O2. The van der Waals surface area contributed by atoms with Gasteiger partial charge in [0.05, 0.1) is 11.9 Å². The first kappa shape index (κ1) is 16.3. The second-order valence-electron chi connectivity index (χ2n) is 6.46. The van der Waals surface area contributed by atoms with Gasteiger partial charge in [-0.2, -0.15) is 10.4 Å². The smallest absolute Gasteiger partial charge is 0.315 e. The Kier molecular flexibility index (Phi) is 4.99. The van der Waals surface area contributed by atoms with E-state index in [0.29, 0.717) is 18.8 Å². The van der Waals surface area contributed by atoms with Crippen molar-refractivity contribution in [3.8, 4) is 6.07 Å². The van der Waals surface area contributed by atoms with Crippen LogP contribution in [0.2, 0.25) is 0 Å². The summed E-state index contributed by atoms with van der Waals surface area (Å²) >= 11 is 0. The van der Waals surface area contributed by atoms with E-state index in [-0.39, 0.29) is 23.7 Å². The van der Waals surface area contributed by atoms with Crippen LogP contribution in [0.5, 0.6) is 0 Å². The molecule has 1 aliphatic heterocycles. The second-order valence-corrected chi connectivity index (χ2v) is 6.46. The Bertz CT molecular complexity index is 689. The average molecular weight is 330 g/mol. The van der Waals surface area contributed by atoms with E-state index in [9.17, 15) is 9.59 Å². The van der Waals surface area contributed by atoms with Crippen molar-refractivity contribution in [3.05, 3.63) is 22.1 Å². The van der Waals surface area contributed by atoms with Crippen LogP contribution in [0.3, 0.4) is 0 Å². The molecule has 0 bridgehead atoms. The Balaban J connectivity index is 1.56. The van der Waals surface area contributed by atoms with Gasteiger partial charge in [-0.05, 0) is 19.3 Å². The summed E-state index contributed by atoms with van der Waals surface area (Å²) in [5.74, 6) is 0. The maximum atomic E-state index is 12.1. The van der Waals surface area contributed by atoms with Crippen LogP contribution in [0.15, 0.2) is 11.0 Å². The number of urea groups is 1. The molecule has 3 rings (SSSR count).